The summed E-state index contributed by atoms with van der Waals surface area (Å²) < 4.78 is 31.9. The molecule has 0 amide bonds. The predicted octanol–water partition coefficient (Wildman–Crippen LogP) is 0.892. The van der Waals surface area contributed by atoms with Gasteiger partial charge in [-0.2, -0.15) is 0 Å². The van der Waals surface area contributed by atoms with Gasteiger partial charge in [-0.15, -0.1) is 0 Å². The molecule has 0 saturated heterocycles. The van der Waals surface area contributed by atoms with Crippen molar-refractivity contribution in [1.82, 2.24) is 4.72 Å². The van der Waals surface area contributed by atoms with Crippen LogP contribution in [0.25, 0.3) is 0 Å². The highest BCUT2D eigenvalue weighted by Crippen LogP contribution is 2.34. The van der Waals surface area contributed by atoms with Crippen molar-refractivity contribution in [3.05, 3.63) is 17.7 Å². The van der Waals surface area contributed by atoms with E-state index < -0.39 is 10.0 Å². The lowest BCUT2D eigenvalue weighted by molar-refractivity contribution is 0.280. The average molecular weight is 256 g/mol. The lowest BCUT2D eigenvalue weighted by Crippen LogP contribution is -2.25. The van der Waals surface area contributed by atoms with Gasteiger partial charge in [-0.05, 0) is 30.5 Å². The number of benzene rings is 1. The maximum absolute atomic E-state index is 12.0. The van der Waals surface area contributed by atoms with Gasteiger partial charge < -0.3 is 10.5 Å². The first-order chi connectivity index (χ1) is 8.04. The second-order valence-electron chi connectivity index (χ2n) is 3.96. The summed E-state index contributed by atoms with van der Waals surface area (Å²) in [5.41, 5.74) is 7.05. The van der Waals surface area contributed by atoms with Crippen LogP contribution in [0.5, 0.6) is 5.75 Å². The van der Waals surface area contributed by atoms with E-state index in [-0.39, 0.29) is 4.90 Å². The van der Waals surface area contributed by atoms with Crippen molar-refractivity contribution in [3.8, 4) is 5.75 Å². The molecule has 0 bridgehead atoms. The summed E-state index contributed by atoms with van der Waals surface area (Å²) in [6, 6.07) is 3.22. The number of hydrogen-bond acceptors (Lipinski definition) is 4. The van der Waals surface area contributed by atoms with Crippen LogP contribution in [0.3, 0.4) is 0 Å². The van der Waals surface area contributed by atoms with E-state index in [0.717, 1.165) is 18.4 Å². The number of ether oxygens (including phenoxy) is 1. The van der Waals surface area contributed by atoms with E-state index in [2.05, 4.69) is 4.72 Å². The van der Waals surface area contributed by atoms with E-state index in [1.807, 2.05) is 0 Å². The molecule has 3 N–H and O–H groups in total. The molecule has 2 rings (SSSR count). The largest absolute Gasteiger partial charge is 0.492 e. The van der Waals surface area contributed by atoms with Gasteiger partial charge in [0, 0.05) is 12.2 Å². The zero-order chi connectivity index (χ0) is 12.5. The van der Waals surface area contributed by atoms with Crippen molar-refractivity contribution in [2.45, 2.75) is 24.7 Å². The first kappa shape index (κ1) is 12.2. The highest BCUT2D eigenvalue weighted by Gasteiger charge is 2.24. The summed E-state index contributed by atoms with van der Waals surface area (Å²) in [7, 11) is -3.53. The third-order valence-corrected chi connectivity index (χ3v) is 4.17. The lowest BCUT2D eigenvalue weighted by Gasteiger charge is -2.21. The third kappa shape index (κ3) is 2.37. The Morgan fingerprint density at radius 3 is 2.94 bits per heavy atom. The molecule has 0 unspecified atom stereocenters. The molecular weight excluding hydrogens is 240 g/mol. The Labute approximate surface area is 101 Å². The van der Waals surface area contributed by atoms with E-state index in [4.69, 9.17) is 10.5 Å². The number of rotatable bonds is 3. The van der Waals surface area contributed by atoms with Crippen molar-refractivity contribution < 1.29 is 13.2 Å². The quantitative estimate of drug-likeness (QED) is 0.787. The first-order valence-electron chi connectivity index (χ1n) is 5.59. The van der Waals surface area contributed by atoms with Gasteiger partial charge in [0.1, 0.15) is 10.6 Å². The lowest BCUT2D eigenvalue weighted by atomic mass is 10.1. The number of hydrogen-bond donors (Lipinski definition) is 2. The van der Waals surface area contributed by atoms with Crippen molar-refractivity contribution in [3.63, 3.8) is 0 Å². The highest BCUT2D eigenvalue weighted by atomic mass is 32.2. The fourth-order valence-electron chi connectivity index (χ4n) is 1.94. The van der Waals surface area contributed by atoms with Crippen LogP contribution in [0.4, 0.5) is 5.69 Å². The molecule has 0 aromatic heterocycles. The van der Waals surface area contributed by atoms with Crippen LogP contribution in [0, 0.1) is 0 Å². The summed E-state index contributed by atoms with van der Waals surface area (Å²) >= 11 is 0. The summed E-state index contributed by atoms with van der Waals surface area (Å²) in [5.74, 6) is 0.450. The molecule has 1 heterocycles. The number of fused-ring (bicyclic) bond motifs is 1. The first-order valence-corrected chi connectivity index (χ1v) is 7.08. The molecule has 5 nitrogen and oxygen atoms in total. The standard InChI is InChI=1S/C11H16N2O3S/c1-2-13-17(14,15)10-7-9(12)6-8-4-3-5-16-11(8)10/h6-7,13H,2-5,12H2,1H3. The van der Waals surface area contributed by atoms with Crippen LogP contribution >= 0.6 is 0 Å². The van der Waals surface area contributed by atoms with Crippen LogP contribution < -0.4 is 15.2 Å². The van der Waals surface area contributed by atoms with Crippen molar-refractivity contribution in [1.29, 1.82) is 0 Å². The highest BCUT2D eigenvalue weighted by molar-refractivity contribution is 7.89. The van der Waals surface area contributed by atoms with E-state index in [1.165, 1.54) is 6.07 Å². The van der Waals surface area contributed by atoms with Crippen molar-refractivity contribution in [2.75, 3.05) is 18.9 Å². The molecule has 94 valence electrons. The summed E-state index contributed by atoms with van der Waals surface area (Å²) in [6.45, 7) is 2.62. The van der Waals surface area contributed by atoms with Gasteiger partial charge in [0.15, 0.2) is 0 Å². The van der Waals surface area contributed by atoms with Crippen LogP contribution in [0.1, 0.15) is 18.9 Å². The van der Waals surface area contributed by atoms with Crippen LogP contribution in [-0.2, 0) is 16.4 Å². The number of nitrogen functional groups attached to an aromatic ring is 1. The molecule has 0 atom stereocenters. The molecule has 1 aromatic carbocycles. The monoisotopic (exact) mass is 256 g/mol. The van der Waals surface area contributed by atoms with Gasteiger partial charge in [0.25, 0.3) is 0 Å². The Hall–Kier alpha value is -1.27. The SMILES string of the molecule is CCNS(=O)(=O)c1cc(N)cc2c1OCCC2. The fraction of sp³-hybridized carbons (Fsp3) is 0.455. The second kappa shape index (κ2) is 4.54. The number of aryl methyl sites for hydroxylation is 1. The molecule has 6 heteroatoms. The smallest absolute Gasteiger partial charge is 0.244 e. The Kier molecular flexibility index (Phi) is 3.26. The minimum Gasteiger partial charge on any atom is -0.492 e. The van der Waals surface area contributed by atoms with Crippen LogP contribution in [0.2, 0.25) is 0 Å². The molecule has 0 saturated carbocycles. The van der Waals surface area contributed by atoms with Crippen LogP contribution in [-0.4, -0.2) is 21.6 Å². The van der Waals surface area contributed by atoms with Crippen molar-refractivity contribution in [2.24, 2.45) is 0 Å². The number of anilines is 1. The maximum Gasteiger partial charge on any atom is 0.244 e. The summed E-state index contributed by atoms with van der Waals surface area (Å²) in [4.78, 5) is 0.147. The number of nitrogens with one attached hydrogen (secondary N) is 1. The molecule has 0 fully saturated rings. The molecule has 0 aliphatic carbocycles. The topological polar surface area (TPSA) is 81.4 Å². The predicted molar refractivity (Wildman–Crippen MR) is 65.5 cm³/mol. The Balaban J connectivity index is 2.57. The Bertz CT molecular complexity index is 526. The normalized spacial score (nSPS) is 15.1. The average Bonchev–Trinajstić information content (AvgIpc) is 2.27. The number of nitrogens with two attached hydrogens (primary N) is 1. The molecule has 0 radical (unpaired) electrons. The molecule has 1 aliphatic rings. The zero-order valence-electron chi connectivity index (χ0n) is 9.69. The summed E-state index contributed by atoms with van der Waals surface area (Å²) in [6.07, 6.45) is 1.69. The van der Waals surface area contributed by atoms with E-state index in [9.17, 15) is 8.42 Å². The Morgan fingerprint density at radius 1 is 1.47 bits per heavy atom. The van der Waals surface area contributed by atoms with Gasteiger partial charge in [-0.1, -0.05) is 6.92 Å². The third-order valence-electron chi connectivity index (χ3n) is 2.61. The molecule has 0 spiro atoms. The van der Waals surface area contributed by atoms with E-state index in [1.54, 1.807) is 13.0 Å². The van der Waals surface area contributed by atoms with Gasteiger partial charge in [-0.3, -0.25) is 0 Å². The van der Waals surface area contributed by atoms with E-state index >= 15 is 0 Å². The summed E-state index contributed by atoms with van der Waals surface area (Å²) in [5, 5.41) is 0. The minimum atomic E-state index is -3.53. The molecule has 1 aromatic rings. The van der Waals surface area contributed by atoms with E-state index in [0.29, 0.717) is 24.6 Å². The van der Waals surface area contributed by atoms with Gasteiger partial charge in [0.05, 0.1) is 6.61 Å². The second-order valence-corrected chi connectivity index (χ2v) is 5.70. The Morgan fingerprint density at radius 2 is 2.24 bits per heavy atom. The van der Waals surface area contributed by atoms with Gasteiger partial charge in [0.2, 0.25) is 10.0 Å². The van der Waals surface area contributed by atoms with Crippen LogP contribution in [0.15, 0.2) is 17.0 Å². The molecule has 17 heavy (non-hydrogen) atoms. The van der Waals surface area contributed by atoms with Gasteiger partial charge in [-0.25, -0.2) is 13.1 Å². The fourth-order valence-corrected chi connectivity index (χ4v) is 3.20. The minimum absolute atomic E-state index is 0.147. The number of sulfonamides is 1. The zero-order valence-corrected chi connectivity index (χ0v) is 10.5. The molecular formula is C11H16N2O3S. The van der Waals surface area contributed by atoms with Crippen molar-refractivity contribution >= 4 is 15.7 Å². The van der Waals surface area contributed by atoms with Gasteiger partial charge >= 0.3 is 0 Å². The maximum atomic E-state index is 12.0. The molecule has 1 aliphatic heterocycles.